The molecule has 0 aliphatic heterocycles. The van der Waals surface area contributed by atoms with Crippen molar-refractivity contribution in [3.05, 3.63) is 63.1 Å². The molecule has 1 aromatic carbocycles. The highest BCUT2D eigenvalue weighted by Crippen LogP contribution is 2.51. The highest BCUT2D eigenvalue weighted by atomic mass is 32.1. The molecular weight excluding hydrogens is 314 g/mol. The van der Waals surface area contributed by atoms with E-state index in [2.05, 4.69) is 37.9 Å². The summed E-state index contributed by atoms with van der Waals surface area (Å²) in [5.74, 6) is 0.622. The molecule has 126 valence electrons. The average Bonchev–Trinajstić information content (AvgIpc) is 2.93. The monoisotopic (exact) mass is 340 g/mol. The summed E-state index contributed by atoms with van der Waals surface area (Å²) in [6.45, 7) is 8.21. The number of rotatable bonds is 5. The zero-order chi connectivity index (χ0) is 18.2. The molecule has 0 radical (unpaired) electrons. The number of hydrogen-bond acceptors (Lipinski definition) is 3. The number of benzene rings is 1. The maximum Gasteiger partial charge on any atom is 0.157 e. The smallest absolute Gasteiger partial charge is 0.157 e. The summed E-state index contributed by atoms with van der Waals surface area (Å²) >= 11 is 1.43. The van der Waals surface area contributed by atoms with E-state index in [1.54, 1.807) is 6.92 Å². The van der Waals surface area contributed by atoms with Crippen LogP contribution < -0.4 is 0 Å². The van der Waals surface area contributed by atoms with Gasteiger partial charge in [-0.05, 0) is 31.2 Å². The van der Waals surface area contributed by atoms with Crippen LogP contribution in [0, 0.1) is 5.92 Å². The molecule has 0 N–H and O–H groups in total. The van der Waals surface area contributed by atoms with Crippen molar-refractivity contribution in [2.45, 2.75) is 52.4 Å². The van der Waals surface area contributed by atoms with Crippen LogP contribution in [0.1, 0.15) is 58.0 Å². The van der Waals surface area contributed by atoms with Gasteiger partial charge in [-0.25, -0.2) is 4.98 Å². The van der Waals surface area contributed by atoms with Crippen molar-refractivity contribution in [2.75, 3.05) is 0 Å². The lowest BCUT2D eigenvalue weighted by Gasteiger charge is -2.40. The molecule has 3 heteroatoms. The van der Waals surface area contributed by atoms with Gasteiger partial charge in [0.1, 0.15) is 0 Å². The summed E-state index contributed by atoms with van der Waals surface area (Å²) in [6.07, 6.45) is 2.39. The van der Waals surface area contributed by atoms with Crippen molar-refractivity contribution in [1.29, 1.82) is 0 Å². The third kappa shape index (κ3) is 2.65. The van der Waals surface area contributed by atoms with Crippen LogP contribution in [0.15, 0.2) is 47.0 Å². The number of thiazole rings is 1. The van der Waals surface area contributed by atoms with Crippen molar-refractivity contribution in [1.82, 2.24) is 4.98 Å². The average molecular weight is 341 g/mol. The summed E-state index contributed by atoms with van der Waals surface area (Å²) in [5, 5.41) is 0. The second kappa shape index (κ2) is 6.64. The number of hydrogen-bond donors (Lipinski definition) is 0. The molecule has 1 aliphatic rings. The number of fused-ring (bicyclic) bond motifs is 1. The molecule has 1 aromatic heterocycles. The van der Waals surface area contributed by atoms with Gasteiger partial charge >= 0.3 is 0 Å². The molecule has 1 aliphatic carbocycles. The number of allylic oxidation sites excluding steroid dienone is 2. The Morgan fingerprint density at radius 1 is 1.38 bits per heavy atom. The summed E-state index contributed by atoms with van der Waals surface area (Å²) < 4.78 is 8.09. The molecule has 1 heterocycles. The third-order valence-electron chi connectivity index (χ3n) is 4.94. The van der Waals surface area contributed by atoms with Gasteiger partial charge in [-0.2, -0.15) is 0 Å². The van der Waals surface area contributed by atoms with E-state index in [-0.39, 0.29) is 5.78 Å². The molecule has 1 atom stereocenters. The van der Waals surface area contributed by atoms with Gasteiger partial charge in [-0.3, -0.25) is 4.79 Å². The number of carbonyl (C=O) groups excluding carboxylic acids is 1. The van der Waals surface area contributed by atoms with E-state index in [9.17, 15) is 4.79 Å². The topological polar surface area (TPSA) is 30.0 Å². The van der Waals surface area contributed by atoms with Crippen LogP contribution in [0.25, 0.3) is 0 Å². The van der Waals surface area contributed by atoms with Gasteiger partial charge in [0.25, 0.3) is 0 Å². The Balaban J connectivity index is 2.36. The van der Waals surface area contributed by atoms with E-state index in [0.717, 1.165) is 34.5 Å². The number of ketones is 1. The number of aromatic nitrogens is 1. The first-order valence-electron chi connectivity index (χ1n) is 9.15. The van der Waals surface area contributed by atoms with Crippen LogP contribution in [0.5, 0.6) is 0 Å². The van der Waals surface area contributed by atoms with Crippen molar-refractivity contribution in [3.63, 3.8) is 0 Å². The second-order valence-corrected chi connectivity index (χ2v) is 7.81. The first-order chi connectivity index (χ1) is 11.9. The normalized spacial score (nSPS) is 21.0. The summed E-state index contributed by atoms with van der Waals surface area (Å²) in [7, 11) is 0. The van der Waals surface area contributed by atoms with E-state index in [1.807, 2.05) is 18.2 Å². The van der Waals surface area contributed by atoms with E-state index < -0.39 is 5.41 Å². The Bertz CT molecular complexity index is 822. The largest absolute Gasteiger partial charge is 0.295 e. The van der Waals surface area contributed by atoms with Crippen molar-refractivity contribution >= 4 is 17.1 Å². The van der Waals surface area contributed by atoms with E-state index in [1.165, 1.54) is 16.9 Å². The number of nitrogens with zero attached hydrogens (tertiary/aromatic N) is 1. The van der Waals surface area contributed by atoms with Gasteiger partial charge < -0.3 is 0 Å². The molecule has 3 rings (SSSR count). The SMILES string of the molecule is [2H]c1nc2c(s1)C(CC)(c1ccccc1)C(C(C)=O)=C(CC(C)C)C2. The highest BCUT2D eigenvalue weighted by molar-refractivity contribution is 7.10. The predicted molar refractivity (Wildman–Crippen MR) is 100 cm³/mol. The van der Waals surface area contributed by atoms with Gasteiger partial charge in [0.15, 0.2) is 5.78 Å². The maximum absolute atomic E-state index is 12.8. The van der Waals surface area contributed by atoms with Crippen LogP contribution in [0.2, 0.25) is 0 Å². The second-order valence-electron chi connectivity index (χ2n) is 7.02. The zero-order valence-corrected chi connectivity index (χ0v) is 15.7. The molecule has 0 amide bonds. The van der Waals surface area contributed by atoms with Gasteiger partial charge in [-0.15, -0.1) is 11.3 Å². The molecule has 1 unspecified atom stereocenters. The molecule has 0 saturated carbocycles. The van der Waals surface area contributed by atoms with Gasteiger partial charge in [0.05, 0.1) is 18.0 Å². The summed E-state index contributed by atoms with van der Waals surface area (Å²) in [6, 6.07) is 10.3. The Hall–Kier alpha value is -1.74. The summed E-state index contributed by atoms with van der Waals surface area (Å²) in [5.41, 5.74) is 4.13. The van der Waals surface area contributed by atoms with E-state index >= 15 is 0 Å². The van der Waals surface area contributed by atoms with Gasteiger partial charge in [-0.1, -0.05) is 56.7 Å². The molecule has 0 fully saturated rings. The number of carbonyl (C=O) groups is 1. The Morgan fingerprint density at radius 2 is 2.08 bits per heavy atom. The fourth-order valence-electron chi connectivity index (χ4n) is 4.15. The first-order valence-corrected chi connectivity index (χ1v) is 9.47. The molecule has 0 saturated heterocycles. The van der Waals surface area contributed by atoms with Crippen molar-refractivity contribution in [3.8, 4) is 0 Å². The molecule has 0 spiro atoms. The Labute approximate surface area is 150 Å². The molecule has 0 bridgehead atoms. The maximum atomic E-state index is 12.8. The molecular formula is C21H25NOS. The van der Waals surface area contributed by atoms with Crippen molar-refractivity contribution < 1.29 is 6.17 Å². The number of Topliss-reactive ketones (excluding diaryl/α,β-unsaturated/α-hetero) is 1. The summed E-state index contributed by atoms with van der Waals surface area (Å²) in [4.78, 5) is 18.4. The standard InChI is InChI=1S/C21H25NOS/c1-5-21(17-9-7-6-8-10-17)19(15(4)23)16(11-14(2)3)12-18-20(21)24-13-22-18/h6-10,13-14H,5,11-12H2,1-4H3/i13D. The lowest BCUT2D eigenvalue weighted by atomic mass is 9.64. The van der Waals surface area contributed by atoms with Gasteiger partial charge in [0, 0.05) is 16.9 Å². The predicted octanol–water partition coefficient (Wildman–Crippen LogP) is 5.33. The van der Waals surface area contributed by atoms with Crippen LogP contribution in [-0.2, 0) is 16.6 Å². The minimum absolute atomic E-state index is 0.145. The lowest BCUT2D eigenvalue weighted by Crippen LogP contribution is -2.37. The Morgan fingerprint density at radius 3 is 2.67 bits per heavy atom. The molecule has 2 aromatic rings. The minimum Gasteiger partial charge on any atom is -0.295 e. The third-order valence-corrected chi connectivity index (χ3v) is 5.91. The molecule has 2 nitrogen and oxygen atoms in total. The van der Waals surface area contributed by atoms with Crippen LogP contribution in [-0.4, -0.2) is 10.8 Å². The first kappa shape index (κ1) is 15.8. The molecule has 24 heavy (non-hydrogen) atoms. The zero-order valence-electron chi connectivity index (χ0n) is 15.8. The fourth-order valence-corrected chi connectivity index (χ4v) is 5.17. The van der Waals surface area contributed by atoms with Gasteiger partial charge in [0.2, 0.25) is 0 Å². The van der Waals surface area contributed by atoms with Crippen LogP contribution >= 0.6 is 11.3 Å². The van der Waals surface area contributed by atoms with Crippen LogP contribution in [0.3, 0.4) is 0 Å². The van der Waals surface area contributed by atoms with E-state index in [0.29, 0.717) is 17.8 Å². The minimum atomic E-state index is -0.470. The quantitative estimate of drug-likeness (QED) is 0.736. The van der Waals surface area contributed by atoms with Crippen molar-refractivity contribution in [2.24, 2.45) is 5.92 Å². The van der Waals surface area contributed by atoms with E-state index in [4.69, 9.17) is 1.37 Å². The Kier molecular flexibility index (Phi) is 4.36. The lowest BCUT2D eigenvalue weighted by molar-refractivity contribution is -0.114. The fraction of sp³-hybridized carbons (Fsp3) is 0.429. The highest BCUT2D eigenvalue weighted by Gasteiger charge is 2.45. The van der Waals surface area contributed by atoms with Crippen LogP contribution in [0.4, 0.5) is 0 Å².